The highest BCUT2D eigenvalue weighted by atomic mass is 14.0. The minimum absolute atomic E-state index is 0.949. The van der Waals surface area contributed by atoms with Crippen molar-refractivity contribution in [2.45, 2.75) is 149 Å². The second-order valence-electron chi connectivity index (χ2n) is 5.13. The average molecular weight is 337 g/mol. The first-order valence-electron chi connectivity index (χ1n) is 11.0. The summed E-state index contributed by atoms with van der Waals surface area (Å²) >= 11 is 0. The second kappa shape index (κ2) is 97.0. The standard InChI is InChI=1S/C7H16.4C3H8.2C2H6/c1-4-6-7(3)5-2;4*1-3-2;2*1-2/h7H,4-6H2,1-3H3;4*3H2,1-2H3;2*1-2H3. The Kier molecular flexibility index (Phi) is 183. The Morgan fingerprint density at radius 2 is 0.652 bits per heavy atom. The molecule has 0 fully saturated rings. The van der Waals surface area contributed by atoms with E-state index < -0.39 is 0 Å². The van der Waals surface area contributed by atoms with Gasteiger partial charge >= 0.3 is 0 Å². The van der Waals surface area contributed by atoms with Crippen molar-refractivity contribution in [2.24, 2.45) is 5.92 Å². The maximum atomic E-state index is 2.31. The van der Waals surface area contributed by atoms with Gasteiger partial charge in [0.15, 0.2) is 0 Å². The van der Waals surface area contributed by atoms with Crippen molar-refractivity contribution in [2.75, 3.05) is 0 Å². The molecule has 0 spiro atoms. The Bertz CT molecular complexity index is 58.4. The Morgan fingerprint density at radius 3 is 0.696 bits per heavy atom. The van der Waals surface area contributed by atoms with Crippen molar-refractivity contribution in [3.8, 4) is 0 Å². The summed E-state index contributed by atoms with van der Waals surface area (Å²) in [7, 11) is 0. The van der Waals surface area contributed by atoms with Crippen LogP contribution in [0.2, 0.25) is 0 Å². The Hall–Kier alpha value is 0. The number of hydrogen-bond acceptors (Lipinski definition) is 0. The molecule has 0 saturated heterocycles. The molecular weight excluding hydrogens is 276 g/mol. The van der Waals surface area contributed by atoms with Crippen LogP contribution in [-0.4, -0.2) is 0 Å². The van der Waals surface area contributed by atoms with E-state index in [0.29, 0.717) is 0 Å². The molecule has 23 heavy (non-hydrogen) atoms. The molecule has 0 aromatic carbocycles. The maximum Gasteiger partial charge on any atom is -0.0446 e. The zero-order chi connectivity index (χ0) is 20.5. The third-order valence-electron chi connectivity index (χ3n) is 1.48. The van der Waals surface area contributed by atoms with Gasteiger partial charge in [0.05, 0.1) is 0 Å². The first kappa shape index (κ1) is 43.5. The smallest absolute Gasteiger partial charge is 0.0446 e. The molecule has 0 N–H and O–H groups in total. The molecule has 0 radical (unpaired) electrons. The van der Waals surface area contributed by atoms with Crippen LogP contribution in [0.15, 0.2) is 0 Å². The van der Waals surface area contributed by atoms with Crippen molar-refractivity contribution in [3.63, 3.8) is 0 Å². The van der Waals surface area contributed by atoms with Gasteiger partial charge in [0, 0.05) is 0 Å². The molecule has 0 aliphatic carbocycles. The number of rotatable bonds is 3. The molecule has 0 rings (SSSR count). The predicted octanol–water partition coefficient (Wildman–Crippen LogP) is 10.6. The van der Waals surface area contributed by atoms with Crippen molar-refractivity contribution in [1.29, 1.82) is 0 Å². The molecule has 0 bridgehead atoms. The molecule has 0 amide bonds. The molecule has 0 heteroatoms. The zero-order valence-corrected chi connectivity index (χ0v) is 20.5. The Balaban J connectivity index is -0.0000000278. The lowest BCUT2D eigenvalue weighted by Crippen LogP contribution is -1.88. The van der Waals surface area contributed by atoms with Gasteiger partial charge in [-0.2, -0.15) is 0 Å². The topological polar surface area (TPSA) is 0 Å². The zero-order valence-electron chi connectivity index (χ0n) is 20.5. The summed E-state index contributed by atoms with van der Waals surface area (Å²) in [6.45, 7) is 31.8. The van der Waals surface area contributed by atoms with Crippen molar-refractivity contribution < 1.29 is 0 Å². The molecule has 1 unspecified atom stereocenters. The van der Waals surface area contributed by atoms with Crippen LogP contribution < -0.4 is 0 Å². The number of hydrogen-bond donors (Lipinski definition) is 0. The monoisotopic (exact) mass is 336 g/mol. The van der Waals surface area contributed by atoms with Gasteiger partial charge in [0.25, 0.3) is 0 Å². The lowest BCUT2D eigenvalue weighted by atomic mass is 10.0. The summed E-state index contributed by atoms with van der Waals surface area (Å²) in [4.78, 5) is 0. The molecular formula is C23H60. The van der Waals surface area contributed by atoms with E-state index in [1.165, 1.54) is 44.9 Å². The fourth-order valence-electron chi connectivity index (χ4n) is 0.697. The fourth-order valence-corrected chi connectivity index (χ4v) is 0.697. The van der Waals surface area contributed by atoms with E-state index >= 15 is 0 Å². The van der Waals surface area contributed by atoms with Gasteiger partial charge in [-0.25, -0.2) is 0 Å². The van der Waals surface area contributed by atoms with Crippen LogP contribution in [0, 0.1) is 5.92 Å². The third-order valence-corrected chi connectivity index (χ3v) is 1.48. The van der Waals surface area contributed by atoms with Gasteiger partial charge in [-0.05, 0) is 5.92 Å². The minimum Gasteiger partial charge on any atom is -0.0683 e. The molecule has 0 nitrogen and oxygen atoms in total. The molecule has 0 aliphatic heterocycles. The van der Waals surface area contributed by atoms with Crippen molar-refractivity contribution in [1.82, 2.24) is 0 Å². The molecule has 0 aromatic rings. The van der Waals surface area contributed by atoms with Crippen molar-refractivity contribution in [3.05, 3.63) is 0 Å². The molecule has 0 aliphatic rings. The van der Waals surface area contributed by atoms with Gasteiger partial charge in [-0.15, -0.1) is 0 Å². The molecule has 152 valence electrons. The molecule has 0 saturated carbocycles. The van der Waals surface area contributed by atoms with Crippen LogP contribution in [0.4, 0.5) is 0 Å². The van der Waals surface area contributed by atoms with E-state index in [9.17, 15) is 0 Å². The van der Waals surface area contributed by atoms with Crippen LogP contribution in [-0.2, 0) is 0 Å². The van der Waals surface area contributed by atoms with Crippen LogP contribution in [0.5, 0.6) is 0 Å². The Morgan fingerprint density at radius 1 is 0.478 bits per heavy atom. The summed E-state index contributed by atoms with van der Waals surface area (Å²) in [5.74, 6) is 0.949. The highest BCUT2D eigenvalue weighted by Gasteiger charge is 1.92. The molecule has 0 aromatic heterocycles. The van der Waals surface area contributed by atoms with E-state index in [2.05, 4.69) is 76.2 Å². The van der Waals surface area contributed by atoms with E-state index in [1.54, 1.807) is 0 Å². The van der Waals surface area contributed by atoms with Crippen LogP contribution in [0.1, 0.15) is 149 Å². The summed E-state index contributed by atoms with van der Waals surface area (Å²) in [5.41, 5.74) is 0. The van der Waals surface area contributed by atoms with Crippen LogP contribution in [0.3, 0.4) is 0 Å². The fraction of sp³-hybridized carbons (Fsp3) is 1.00. The molecule has 1 atom stereocenters. The van der Waals surface area contributed by atoms with Crippen LogP contribution >= 0.6 is 0 Å². The predicted molar refractivity (Wildman–Crippen MR) is 121 cm³/mol. The SMILES string of the molecule is CC.CC.CCC.CCC.CCC.CCC.CCCC(C)CC. The van der Waals surface area contributed by atoms with Crippen molar-refractivity contribution >= 4 is 0 Å². The maximum absolute atomic E-state index is 2.31. The largest absolute Gasteiger partial charge is 0.0683 e. The normalized spacial score (nSPS) is 7.96. The minimum atomic E-state index is 0.949. The van der Waals surface area contributed by atoms with E-state index in [1.807, 2.05) is 27.7 Å². The first-order valence-corrected chi connectivity index (χ1v) is 11.0. The summed E-state index contributed by atoms with van der Waals surface area (Å²) in [6.07, 6.45) is 9.08. The lowest BCUT2D eigenvalue weighted by Gasteiger charge is -2.02. The van der Waals surface area contributed by atoms with Gasteiger partial charge in [-0.3, -0.25) is 0 Å². The molecule has 0 heterocycles. The van der Waals surface area contributed by atoms with Gasteiger partial charge in [0.1, 0.15) is 0 Å². The highest BCUT2D eigenvalue weighted by Crippen LogP contribution is 2.07. The van der Waals surface area contributed by atoms with E-state index in [4.69, 9.17) is 0 Å². The lowest BCUT2D eigenvalue weighted by molar-refractivity contribution is 0.509. The van der Waals surface area contributed by atoms with E-state index in [0.717, 1.165) is 5.92 Å². The summed E-state index contributed by atoms with van der Waals surface area (Å²) in [5, 5.41) is 0. The van der Waals surface area contributed by atoms with Crippen LogP contribution in [0.25, 0.3) is 0 Å². The summed E-state index contributed by atoms with van der Waals surface area (Å²) in [6, 6.07) is 0. The average Bonchev–Trinajstić information content (AvgIpc) is 2.54. The summed E-state index contributed by atoms with van der Waals surface area (Å²) < 4.78 is 0. The first-order chi connectivity index (χ1) is 11.0. The Labute approximate surface area is 155 Å². The van der Waals surface area contributed by atoms with Gasteiger partial charge < -0.3 is 0 Å². The van der Waals surface area contributed by atoms with Gasteiger partial charge in [-0.1, -0.05) is 149 Å². The quantitative estimate of drug-likeness (QED) is 0.480. The van der Waals surface area contributed by atoms with E-state index in [-0.39, 0.29) is 0 Å². The van der Waals surface area contributed by atoms with Gasteiger partial charge in [0.2, 0.25) is 0 Å². The highest BCUT2D eigenvalue weighted by molar-refractivity contribution is 4.45. The second-order valence-corrected chi connectivity index (χ2v) is 5.13. The third kappa shape index (κ3) is 352.